The van der Waals surface area contributed by atoms with Crippen molar-refractivity contribution in [2.75, 3.05) is 7.11 Å². The molecule has 0 fully saturated rings. The second-order valence-corrected chi connectivity index (χ2v) is 10.3. The van der Waals surface area contributed by atoms with Crippen LogP contribution in [0.3, 0.4) is 0 Å². The summed E-state index contributed by atoms with van der Waals surface area (Å²) in [4.78, 5) is 5.03. The van der Waals surface area contributed by atoms with Crippen LogP contribution in [-0.2, 0) is 17.3 Å². The Balaban J connectivity index is 1.80. The first-order valence-electron chi connectivity index (χ1n) is 10.5. The van der Waals surface area contributed by atoms with Crippen LogP contribution in [-0.4, -0.2) is 12.1 Å². The molecule has 0 spiro atoms. The lowest BCUT2D eigenvalue weighted by Crippen LogP contribution is -2.34. The molecule has 0 aliphatic heterocycles. The first kappa shape index (κ1) is 20.2. The van der Waals surface area contributed by atoms with Crippen LogP contribution in [0.25, 0.3) is 21.8 Å². The van der Waals surface area contributed by atoms with Crippen molar-refractivity contribution in [2.45, 2.75) is 64.7 Å². The van der Waals surface area contributed by atoms with Crippen molar-refractivity contribution in [1.29, 1.82) is 0 Å². The number of fused-ring (bicyclic) bond motifs is 1. The number of rotatable bonds is 4. The van der Waals surface area contributed by atoms with Gasteiger partial charge in [0.15, 0.2) is 0 Å². The van der Waals surface area contributed by atoms with Gasteiger partial charge in [0.1, 0.15) is 10.8 Å². The predicted octanol–water partition coefficient (Wildman–Crippen LogP) is 7.40. The van der Waals surface area contributed by atoms with Crippen LogP contribution in [0.1, 0.15) is 64.2 Å². The van der Waals surface area contributed by atoms with Crippen molar-refractivity contribution in [3.63, 3.8) is 0 Å². The van der Waals surface area contributed by atoms with Crippen LogP contribution >= 0.6 is 11.3 Å². The minimum Gasteiger partial charge on any atom is -0.497 e. The van der Waals surface area contributed by atoms with Gasteiger partial charge in [0.25, 0.3) is 0 Å². The number of benzene rings is 2. The third kappa shape index (κ3) is 3.61. The van der Waals surface area contributed by atoms with E-state index in [2.05, 4.69) is 64.3 Å². The fraction of sp³-hybridized carbons (Fsp3) is 0.423. The molecule has 3 aromatic rings. The Labute approximate surface area is 179 Å². The molecule has 0 N–H and O–H groups in total. The number of nitrogens with zero attached hydrogens (tertiary/aromatic N) is 1. The summed E-state index contributed by atoms with van der Waals surface area (Å²) in [6.45, 7) is 11.8. The minimum atomic E-state index is 0.209. The SMILES string of the molecule is CCc1cc2c(cc1-c1csc(-c3ccc(OC)cc3)n1)C(C)(C)CCC2(C)C. The van der Waals surface area contributed by atoms with E-state index >= 15 is 0 Å². The average molecular weight is 406 g/mol. The first-order valence-corrected chi connectivity index (χ1v) is 11.4. The van der Waals surface area contributed by atoms with Gasteiger partial charge in [0.2, 0.25) is 0 Å². The molecule has 4 rings (SSSR count). The number of methoxy groups -OCH3 is 1. The van der Waals surface area contributed by atoms with Crippen LogP contribution in [0.15, 0.2) is 41.8 Å². The summed E-state index contributed by atoms with van der Waals surface area (Å²) < 4.78 is 5.28. The highest BCUT2D eigenvalue weighted by molar-refractivity contribution is 7.13. The van der Waals surface area contributed by atoms with Gasteiger partial charge >= 0.3 is 0 Å². The molecule has 0 amide bonds. The summed E-state index contributed by atoms with van der Waals surface area (Å²) in [5.41, 5.74) is 8.41. The molecule has 1 aliphatic carbocycles. The highest BCUT2D eigenvalue weighted by atomic mass is 32.1. The number of thiazole rings is 1. The predicted molar refractivity (Wildman–Crippen MR) is 124 cm³/mol. The van der Waals surface area contributed by atoms with E-state index < -0.39 is 0 Å². The van der Waals surface area contributed by atoms with Gasteiger partial charge in [-0.05, 0) is 77.1 Å². The van der Waals surface area contributed by atoms with E-state index in [1.807, 2.05) is 12.1 Å². The van der Waals surface area contributed by atoms with Gasteiger partial charge in [0.05, 0.1) is 12.8 Å². The molecule has 3 heteroatoms. The van der Waals surface area contributed by atoms with Crippen LogP contribution in [0.2, 0.25) is 0 Å². The van der Waals surface area contributed by atoms with Gasteiger partial charge < -0.3 is 4.74 Å². The number of aryl methyl sites for hydroxylation is 1. The Hall–Kier alpha value is -2.13. The molecule has 2 aromatic carbocycles. The normalized spacial score (nSPS) is 17.0. The van der Waals surface area contributed by atoms with E-state index in [0.717, 1.165) is 28.4 Å². The van der Waals surface area contributed by atoms with Crippen LogP contribution in [0, 0.1) is 0 Å². The van der Waals surface area contributed by atoms with Gasteiger partial charge in [-0.25, -0.2) is 4.98 Å². The molecule has 0 unspecified atom stereocenters. The third-order valence-corrected chi connectivity index (χ3v) is 7.47. The lowest BCUT2D eigenvalue weighted by molar-refractivity contribution is 0.331. The van der Waals surface area contributed by atoms with Crippen LogP contribution < -0.4 is 4.74 Å². The largest absolute Gasteiger partial charge is 0.497 e. The zero-order chi connectivity index (χ0) is 20.8. The Kier molecular flexibility index (Phi) is 5.06. The molecule has 2 nitrogen and oxygen atoms in total. The molecule has 0 saturated carbocycles. The van der Waals surface area contributed by atoms with Crippen molar-refractivity contribution >= 4 is 11.3 Å². The molecular formula is C26H31NOS. The Morgan fingerprint density at radius 1 is 0.966 bits per heavy atom. The lowest BCUT2D eigenvalue weighted by atomic mass is 9.62. The van der Waals surface area contributed by atoms with Gasteiger partial charge in [0, 0.05) is 16.5 Å². The zero-order valence-corrected chi connectivity index (χ0v) is 19.2. The van der Waals surface area contributed by atoms with E-state index in [9.17, 15) is 0 Å². The molecule has 152 valence electrons. The summed E-state index contributed by atoms with van der Waals surface area (Å²) in [5.74, 6) is 0.873. The second kappa shape index (κ2) is 7.28. The monoisotopic (exact) mass is 405 g/mol. The van der Waals surface area contributed by atoms with E-state index in [1.54, 1.807) is 18.4 Å². The molecule has 1 heterocycles. The van der Waals surface area contributed by atoms with E-state index in [0.29, 0.717) is 0 Å². The highest BCUT2D eigenvalue weighted by Crippen LogP contribution is 2.48. The molecule has 1 aliphatic rings. The molecule has 0 atom stereocenters. The molecular weight excluding hydrogens is 374 g/mol. The maximum atomic E-state index is 5.28. The van der Waals surface area contributed by atoms with Crippen molar-refractivity contribution < 1.29 is 4.74 Å². The van der Waals surface area contributed by atoms with Gasteiger partial charge in [-0.15, -0.1) is 11.3 Å². The number of hydrogen-bond acceptors (Lipinski definition) is 3. The van der Waals surface area contributed by atoms with Gasteiger partial charge in [-0.1, -0.05) is 40.7 Å². The van der Waals surface area contributed by atoms with Gasteiger partial charge in [-0.3, -0.25) is 0 Å². The zero-order valence-electron chi connectivity index (χ0n) is 18.4. The fourth-order valence-electron chi connectivity index (χ4n) is 4.45. The van der Waals surface area contributed by atoms with Crippen molar-refractivity contribution in [1.82, 2.24) is 4.98 Å². The quantitative estimate of drug-likeness (QED) is 0.451. The molecule has 0 bridgehead atoms. The van der Waals surface area contributed by atoms with Crippen molar-refractivity contribution in [3.05, 3.63) is 58.5 Å². The standard InChI is InChI=1S/C26H31NOS/c1-7-17-14-21-22(26(4,5)13-12-25(21,2)3)15-20(17)23-16-29-24(27-23)18-8-10-19(28-6)11-9-18/h8-11,14-16H,7,12-13H2,1-6H3. The van der Waals surface area contributed by atoms with Crippen molar-refractivity contribution in [2.24, 2.45) is 0 Å². The summed E-state index contributed by atoms with van der Waals surface area (Å²) in [7, 11) is 1.70. The molecule has 29 heavy (non-hydrogen) atoms. The number of hydrogen-bond donors (Lipinski definition) is 0. The van der Waals surface area contributed by atoms with E-state index in [4.69, 9.17) is 9.72 Å². The van der Waals surface area contributed by atoms with E-state index in [1.165, 1.54) is 35.1 Å². The van der Waals surface area contributed by atoms with Crippen LogP contribution in [0.4, 0.5) is 0 Å². The van der Waals surface area contributed by atoms with Gasteiger partial charge in [-0.2, -0.15) is 0 Å². The smallest absolute Gasteiger partial charge is 0.124 e. The Bertz CT molecular complexity index is 1030. The second-order valence-electron chi connectivity index (χ2n) is 9.44. The Morgan fingerprint density at radius 2 is 1.59 bits per heavy atom. The number of aromatic nitrogens is 1. The third-order valence-electron chi connectivity index (χ3n) is 6.57. The summed E-state index contributed by atoms with van der Waals surface area (Å²) in [6, 6.07) is 13.1. The number of ether oxygens (including phenoxy) is 1. The Morgan fingerprint density at radius 3 is 2.17 bits per heavy atom. The minimum absolute atomic E-state index is 0.209. The maximum absolute atomic E-state index is 5.28. The first-order chi connectivity index (χ1) is 13.7. The van der Waals surface area contributed by atoms with Crippen LogP contribution in [0.5, 0.6) is 5.75 Å². The average Bonchev–Trinajstić information content (AvgIpc) is 3.21. The highest BCUT2D eigenvalue weighted by Gasteiger charge is 2.37. The molecule has 0 radical (unpaired) electrons. The van der Waals surface area contributed by atoms with Crippen molar-refractivity contribution in [3.8, 4) is 27.6 Å². The maximum Gasteiger partial charge on any atom is 0.124 e. The summed E-state index contributed by atoms with van der Waals surface area (Å²) in [6.07, 6.45) is 3.49. The van der Waals surface area contributed by atoms with E-state index in [-0.39, 0.29) is 10.8 Å². The topological polar surface area (TPSA) is 22.1 Å². The molecule has 0 saturated heterocycles. The summed E-state index contributed by atoms with van der Waals surface area (Å²) >= 11 is 1.72. The lowest BCUT2D eigenvalue weighted by Gasteiger charge is -2.42. The fourth-order valence-corrected chi connectivity index (χ4v) is 5.28. The summed E-state index contributed by atoms with van der Waals surface area (Å²) in [5, 5.41) is 3.27. The molecule has 1 aromatic heterocycles.